The molecule has 0 atom stereocenters. The Hall–Kier alpha value is -2.32. The summed E-state index contributed by atoms with van der Waals surface area (Å²) in [6.45, 7) is 1.95. The van der Waals surface area contributed by atoms with Crippen LogP contribution in [0.5, 0.6) is 0 Å². The Labute approximate surface area is 115 Å². The van der Waals surface area contributed by atoms with Crippen molar-refractivity contribution in [3.05, 3.63) is 46.7 Å². The van der Waals surface area contributed by atoms with Crippen molar-refractivity contribution in [2.75, 3.05) is 6.61 Å². The molecule has 0 aliphatic heterocycles. The summed E-state index contributed by atoms with van der Waals surface area (Å²) >= 11 is 6.05. The number of aromatic nitrogens is 2. The highest BCUT2D eigenvalue weighted by Gasteiger charge is 2.17. The highest BCUT2D eigenvalue weighted by Crippen LogP contribution is 2.21. The smallest absolute Gasteiger partial charge is 0.358 e. The summed E-state index contributed by atoms with van der Waals surface area (Å²) < 4.78 is 6.18. The first-order valence-electron chi connectivity index (χ1n) is 5.59. The van der Waals surface area contributed by atoms with Crippen molar-refractivity contribution >= 4 is 17.6 Å². The molecule has 0 fully saturated rings. The minimum Gasteiger partial charge on any atom is -0.461 e. The van der Waals surface area contributed by atoms with Crippen LogP contribution in [0.1, 0.15) is 23.1 Å². The predicted octanol–water partition coefficient (Wildman–Crippen LogP) is 2.57. The lowest BCUT2D eigenvalue weighted by Gasteiger charge is -2.04. The van der Waals surface area contributed by atoms with Gasteiger partial charge in [-0.1, -0.05) is 23.7 Å². The molecular weight excluding hydrogens is 266 g/mol. The second-order valence-electron chi connectivity index (χ2n) is 3.61. The Kier molecular flexibility index (Phi) is 3.83. The summed E-state index contributed by atoms with van der Waals surface area (Å²) in [5, 5.41) is 13.6. The van der Waals surface area contributed by atoms with E-state index < -0.39 is 5.97 Å². The van der Waals surface area contributed by atoms with Crippen LogP contribution < -0.4 is 0 Å². The van der Waals surface area contributed by atoms with Gasteiger partial charge in [-0.2, -0.15) is 10.4 Å². The second-order valence-corrected chi connectivity index (χ2v) is 4.02. The molecule has 1 heterocycles. The van der Waals surface area contributed by atoms with Crippen LogP contribution in [0.2, 0.25) is 5.02 Å². The lowest BCUT2D eigenvalue weighted by molar-refractivity contribution is 0.0519. The maximum Gasteiger partial charge on any atom is 0.358 e. The summed E-state index contributed by atoms with van der Waals surface area (Å²) in [5.41, 5.74) is 0.839. The number of hydrogen-bond donors (Lipinski definition) is 0. The van der Waals surface area contributed by atoms with E-state index in [4.69, 9.17) is 21.6 Å². The molecule has 0 radical (unpaired) electrons. The van der Waals surface area contributed by atoms with Crippen molar-refractivity contribution < 1.29 is 9.53 Å². The monoisotopic (exact) mass is 275 g/mol. The van der Waals surface area contributed by atoms with E-state index in [2.05, 4.69) is 5.10 Å². The molecule has 2 aromatic rings. The number of para-hydroxylation sites is 1. The number of nitrogens with zero attached hydrogens (tertiary/aromatic N) is 3. The molecule has 0 saturated heterocycles. The zero-order chi connectivity index (χ0) is 13.8. The number of rotatable bonds is 3. The first kappa shape index (κ1) is 13.1. The lowest BCUT2D eigenvalue weighted by Crippen LogP contribution is -2.07. The standard InChI is InChI=1S/C13H10ClN3O2/c1-2-19-13(18)11-7-9(8-15)17(16-11)12-6-4-3-5-10(12)14/h3-7H,2H2,1H3. The summed E-state index contributed by atoms with van der Waals surface area (Å²) in [7, 11) is 0. The van der Waals surface area contributed by atoms with E-state index in [1.54, 1.807) is 31.2 Å². The van der Waals surface area contributed by atoms with Crippen molar-refractivity contribution in [1.82, 2.24) is 9.78 Å². The number of hydrogen-bond acceptors (Lipinski definition) is 4. The van der Waals surface area contributed by atoms with Gasteiger partial charge in [0.2, 0.25) is 0 Å². The Morgan fingerprint density at radius 1 is 1.53 bits per heavy atom. The zero-order valence-corrected chi connectivity index (χ0v) is 10.9. The summed E-state index contributed by atoms with van der Waals surface area (Å²) in [5.74, 6) is -0.565. The van der Waals surface area contributed by atoms with Gasteiger partial charge in [-0.25, -0.2) is 9.48 Å². The quantitative estimate of drug-likeness (QED) is 0.808. The number of esters is 1. The maximum absolute atomic E-state index is 11.6. The van der Waals surface area contributed by atoms with Gasteiger partial charge in [0.15, 0.2) is 5.69 Å². The third-order valence-corrected chi connectivity index (χ3v) is 2.71. The molecule has 2 rings (SSSR count). The minimum absolute atomic E-state index is 0.0818. The molecule has 0 unspecified atom stereocenters. The number of nitriles is 1. The summed E-state index contributed by atoms with van der Waals surface area (Å²) in [4.78, 5) is 11.6. The van der Waals surface area contributed by atoms with Gasteiger partial charge in [0.05, 0.1) is 17.3 Å². The number of ether oxygens (including phenoxy) is 1. The third kappa shape index (κ3) is 2.59. The third-order valence-electron chi connectivity index (χ3n) is 2.39. The van der Waals surface area contributed by atoms with Crippen LogP contribution in [0, 0.1) is 11.3 Å². The van der Waals surface area contributed by atoms with Gasteiger partial charge in [0.25, 0.3) is 0 Å². The fourth-order valence-electron chi connectivity index (χ4n) is 1.57. The molecular formula is C13H10ClN3O2. The molecule has 0 amide bonds. The Balaban J connectivity index is 2.50. The van der Waals surface area contributed by atoms with Gasteiger partial charge in [-0.05, 0) is 19.1 Å². The molecule has 1 aromatic carbocycles. The average molecular weight is 276 g/mol. The first-order chi connectivity index (χ1) is 9.17. The zero-order valence-electron chi connectivity index (χ0n) is 10.1. The summed E-state index contributed by atoms with van der Waals surface area (Å²) in [6.07, 6.45) is 0. The Morgan fingerprint density at radius 2 is 2.26 bits per heavy atom. The van der Waals surface area contributed by atoms with Gasteiger partial charge >= 0.3 is 5.97 Å². The van der Waals surface area contributed by atoms with Gasteiger partial charge in [0, 0.05) is 6.07 Å². The average Bonchev–Trinajstić information content (AvgIpc) is 2.83. The van der Waals surface area contributed by atoms with Crippen LogP contribution >= 0.6 is 11.6 Å². The second kappa shape index (κ2) is 5.55. The Morgan fingerprint density at radius 3 is 2.89 bits per heavy atom. The minimum atomic E-state index is -0.565. The molecule has 0 aliphatic carbocycles. The van der Waals surface area contributed by atoms with Crippen molar-refractivity contribution in [2.45, 2.75) is 6.92 Å². The fourth-order valence-corrected chi connectivity index (χ4v) is 1.79. The van der Waals surface area contributed by atoms with Crippen LogP contribution in [-0.2, 0) is 4.74 Å². The van der Waals surface area contributed by atoms with E-state index in [1.165, 1.54) is 10.7 Å². The molecule has 0 aliphatic rings. The van der Waals surface area contributed by atoms with Crippen LogP contribution in [0.4, 0.5) is 0 Å². The first-order valence-corrected chi connectivity index (χ1v) is 5.97. The molecule has 96 valence electrons. The molecule has 19 heavy (non-hydrogen) atoms. The normalized spacial score (nSPS) is 9.95. The van der Waals surface area contributed by atoms with Gasteiger partial charge < -0.3 is 4.74 Å². The number of halogens is 1. The Bertz CT molecular complexity index is 658. The maximum atomic E-state index is 11.6. The number of carbonyl (C=O) groups is 1. The highest BCUT2D eigenvalue weighted by molar-refractivity contribution is 6.32. The van der Waals surface area contributed by atoms with Gasteiger partial charge in [0.1, 0.15) is 11.8 Å². The molecule has 6 heteroatoms. The van der Waals surface area contributed by atoms with E-state index >= 15 is 0 Å². The molecule has 5 nitrogen and oxygen atoms in total. The van der Waals surface area contributed by atoms with Gasteiger partial charge in [-0.3, -0.25) is 0 Å². The van der Waals surface area contributed by atoms with Crippen LogP contribution in [0.3, 0.4) is 0 Å². The van der Waals surface area contributed by atoms with Crippen molar-refractivity contribution in [2.24, 2.45) is 0 Å². The highest BCUT2D eigenvalue weighted by atomic mass is 35.5. The summed E-state index contributed by atoms with van der Waals surface area (Å²) in [6, 6.07) is 10.3. The van der Waals surface area contributed by atoms with Crippen LogP contribution in [-0.4, -0.2) is 22.4 Å². The molecule has 0 saturated carbocycles. The van der Waals surface area contributed by atoms with Crippen LogP contribution in [0.25, 0.3) is 5.69 Å². The number of carbonyl (C=O) groups excluding carboxylic acids is 1. The van der Waals surface area contributed by atoms with Crippen LogP contribution in [0.15, 0.2) is 30.3 Å². The molecule has 1 aromatic heterocycles. The molecule has 0 bridgehead atoms. The van der Waals surface area contributed by atoms with E-state index in [0.29, 0.717) is 10.7 Å². The largest absolute Gasteiger partial charge is 0.461 e. The van der Waals surface area contributed by atoms with E-state index in [0.717, 1.165) is 0 Å². The van der Waals surface area contributed by atoms with Crippen molar-refractivity contribution in [3.63, 3.8) is 0 Å². The molecule has 0 N–H and O–H groups in total. The van der Waals surface area contributed by atoms with Crippen molar-refractivity contribution in [1.29, 1.82) is 5.26 Å². The van der Waals surface area contributed by atoms with E-state index in [-0.39, 0.29) is 18.0 Å². The van der Waals surface area contributed by atoms with E-state index in [9.17, 15) is 4.79 Å². The lowest BCUT2D eigenvalue weighted by atomic mass is 10.3. The topological polar surface area (TPSA) is 67.9 Å². The van der Waals surface area contributed by atoms with E-state index in [1.807, 2.05) is 6.07 Å². The van der Waals surface area contributed by atoms with Crippen molar-refractivity contribution in [3.8, 4) is 11.8 Å². The predicted molar refractivity (Wildman–Crippen MR) is 69.2 cm³/mol. The number of benzene rings is 1. The fraction of sp³-hybridized carbons (Fsp3) is 0.154. The molecule has 0 spiro atoms. The van der Waals surface area contributed by atoms with Gasteiger partial charge in [-0.15, -0.1) is 0 Å². The SMILES string of the molecule is CCOC(=O)c1cc(C#N)n(-c2ccccc2Cl)n1.